The van der Waals surface area contributed by atoms with Gasteiger partial charge < -0.3 is 4.90 Å². The fourth-order valence-electron chi connectivity index (χ4n) is 1.68. The Labute approximate surface area is 111 Å². The van der Waals surface area contributed by atoms with E-state index in [4.69, 9.17) is 5.26 Å². The highest BCUT2D eigenvalue weighted by molar-refractivity contribution is 5.54. The minimum atomic E-state index is -4.50. The molecule has 0 saturated heterocycles. The number of anilines is 1. The molecular weight excluding hydrogens is 253 g/mol. The van der Waals surface area contributed by atoms with Crippen molar-refractivity contribution in [3.8, 4) is 6.07 Å². The number of hydrogen-bond donors (Lipinski definition) is 0. The van der Waals surface area contributed by atoms with Gasteiger partial charge in [-0.05, 0) is 30.5 Å². The molecule has 19 heavy (non-hydrogen) atoms. The van der Waals surface area contributed by atoms with Crippen molar-refractivity contribution >= 4 is 5.69 Å². The van der Waals surface area contributed by atoms with Crippen molar-refractivity contribution in [2.24, 2.45) is 5.92 Å². The first-order valence-electron chi connectivity index (χ1n) is 6.08. The van der Waals surface area contributed by atoms with Gasteiger partial charge in [-0.3, -0.25) is 0 Å². The molecule has 0 amide bonds. The standard InChI is InChI=1S/C14H17F3N2/c1-10(2)6-7-19(3)12-5-4-11(9-18)13(8-12)14(15,16)17/h4-5,8,10H,6-7H2,1-3H3. The van der Waals surface area contributed by atoms with Gasteiger partial charge in [-0.25, -0.2) is 0 Å². The second-order valence-electron chi connectivity index (χ2n) is 4.94. The Hall–Kier alpha value is -1.70. The maximum absolute atomic E-state index is 12.8. The fraction of sp³-hybridized carbons (Fsp3) is 0.500. The molecule has 1 rings (SSSR count). The predicted octanol–water partition coefficient (Wildman–Crippen LogP) is 4.06. The van der Waals surface area contributed by atoms with Crippen molar-refractivity contribution in [3.63, 3.8) is 0 Å². The van der Waals surface area contributed by atoms with Crippen LogP contribution in [0.1, 0.15) is 31.4 Å². The zero-order valence-corrected chi connectivity index (χ0v) is 11.3. The maximum atomic E-state index is 12.8. The third kappa shape index (κ3) is 4.16. The van der Waals surface area contributed by atoms with Gasteiger partial charge >= 0.3 is 6.18 Å². The average Bonchev–Trinajstić information content (AvgIpc) is 2.34. The van der Waals surface area contributed by atoms with Crippen molar-refractivity contribution in [1.82, 2.24) is 0 Å². The smallest absolute Gasteiger partial charge is 0.375 e. The van der Waals surface area contributed by atoms with Gasteiger partial charge in [-0.15, -0.1) is 0 Å². The summed E-state index contributed by atoms with van der Waals surface area (Å²) in [7, 11) is 1.75. The van der Waals surface area contributed by atoms with E-state index in [2.05, 4.69) is 13.8 Å². The maximum Gasteiger partial charge on any atom is 0.417 e. The molecule has 0 bridgehead atoms. The molecule has 0 heterocycles. The van der Waals surface area contributed by atoms with Crippen molar-refractivity contribution in [2.75, 3.05) is 18.5 Å². The minimum absolute atomic E-state index is 0.339. The van der Waals surface area contributed by atoms with Gasteiger partial charge in [0.05, 0.1) is 17.2 Å². The molecule has 0 aliphatic rings. The number of nitrogens with zero attached hydrogens (tertiary/aromatic N) is 2. The quantitative estimate of drug-likeness (QED) is 0.825. The van der Waals surface area contributed by atoms with Crippen molar-refractivity contribution in [2.45, 2.75) is 26.4 Å². The molecule has 0 N–H and O–H groups in total. The number of halogens is 3. The van der Waals surface area contributed by atoms with Crippen LogP contribution >= 0.6 is 0 Å². The van der Waals surface area contributed by atoms with Gasteiger partial charge in [0.15, 0.2) is 0 Å². The molecular formula is C14H17F3N2. The third-order valence-electron chi connectivity index (χ3n) is 2.91. The fourth-order valence-corrected chi connectivity index (χ4v) is 1.68. The van der Waals surface area contributed by atoms with Crippen molar-refractivity contribution < 1.29 is 13.2 Å². The molecule has 2 nitrogen and oxygen atoms in total. The highest BCUT2D eigenvalue weighted by atomic mass is 19.4. The van der Waals surface area contributed by atoms with Crippen LogP contribution < -0.4 is 4.90 Å². The normalized spacial score (nSPS) is 11.5. The van der Waals surface area contributed by atoms with Crippen LogP contribution in [0.15, 0.2) is 18.2 Å². The Bertz CT molecular complexity index is 473. The van der Waals surface area contributed by atoms with Gasteiger partial charge in [0.2, 0.25) is 0 Å². The van der Waals surface area contributed by atoms with Crippen LogP contribution in [0.4, 0.5) is 18.9 Å². The molecule has 0 radical (unpaired) electrons. The van der Waals surface area contributed by atoms with Gasteiger partial charge in [0, 0.05) is 19.3 Å². The molecule has 5 heteroatoms. The Morgan fingerprint density at radius 2 is 1.95 bits per heavy atom. The summed E-state index contributed by atoms with van der Waals surface area (Å²) in [5.74, 6) is 0.489. The van der Waals surface area contributed by atoms with E-state index in [9.17, 15) is 13.2 Å². The van der Waals surface area contributed by atoms with E-state index in [0.29, 0.717) is 18.2 Å². The van der Waals surface area contributed by atoms with Crippen molar-refractivity contribution in [3.05, 3.63) is 29.3 Å². The lowest BCUT2D eigenvalue weighted by Crippen LogP contribution is -2.20. The Morgan fingerprint density at radius 3 is 2.42 bits per heavy atom. The van der Waals surface area contributed by atoms with E-state index in [1.807, 2.05) is 0 Å². The van der Waals surface area contributed by atoms with Crippen LogP contribution in [-0.2, 0) is 6.18 Å². The van der Waals surface area contributed by atoms with Crippen LogP contribution in [0.2, 0.25) is 0 Å². The monoisotopic (exact) mass is 270 g/mol. The number of hydrogen-bond acceptors (Lipinski definition) is 2. The summed E-state index contributed by atoms with van der Waals surface area (Å²) >= 11 is 0. The van der Waals surface area contributed by atoms with Gasteiger partial charge in [-0.1, -0.05) is 13.8 Å². The molecule has 0 aliphatic carbocycles. The Balaban J connectivity index is 3.02. The number of benzene rings is 1. The van der Waals surface area contributed by atoms with Gasteiger partial charge in [-0.2, -0.15) is 18.4 Å². The minimum Gasteiger partial charge on any atom is -0.375 e. The van der Waals surface area contributed by atoms with Gasteiger partial charge in [0.25, 0.3) is 0 Å². The molecule has 0 aliphatic heterocycles. The lowest BCUT2D eigenvalue weighted by molar-refractivity contribution is -0.137. The summed E-state index contributed by atoms with van der Waals surface area (Å²) in [5, 5.41) is 8.72. The molecule has 0 atom stereocenters. The Kier molecular flexibility index (Phi) is 4.82. The summed E-state index contributed by atoms with van der Waals surface area (Å²) < 4.78 is 38.5. The largest absolute Gasteiger partial charge is 0.417 e. The van der Waals surface area contributed by atoms with E-state index < -0.39 is 11.7 Å². The lowest BCUT2D eigenvalue weighted by Gasteiger charge is -2.22. The second kappa shape index (κ2) is 5.96. The zero-order chi connectivity index (χ0) is 14.6. The highest BCUT2D eigenvalue weighted by Gasteiger charge is 2.34. The van der Waals surface area contributed by atoms with Crippen LogP contribution in [0.25, 0.3) is 0 Å². The average molecular weight is 270 g/mol. The predicted molar refractivity (Wildman–Crippen MR) is 68.9 cm³/mol. The lowest BCUT2D eigenvalue weighted by atomic mass is 10.1. The molecule has 0 fully saturated rings. The topological polar surface area (TPSA) is 27.0 Å². The summed E-state index contributed by atoms with van der Waals surface area (Å²) in [6, 6.07) is 5.40. The van der Waals surface area contributed by atoms with Crippen LogP contribution in [0.3, 0.4) is 0 Å². The molecule has 0 spiro atoms. The van der Waals surface area contributed by atoms with E-state index in [1.54, 1.807) is 24.1 Å². The van der Waals surface area contributed by atoms with E-state index >= 15 is 0 Å². The number of alkyl halides is 3. The summed E-state index contributed by atoms with van der Waals surface area (Å²) in [6.07, 6.45) is -3.60. The van der Waals surface area contributed by atoms with E-state index in [1.165, 1.54) is 6.07 Å². The molecule has 0 aromatic heterocycles. The molecule has 1 aromatic carbocycles. The molecule has 0 unspecified atom stereocenters. The van der Waals surface area contributed by atoms with E-state index in [0.717, 1.165) is 12.5 Å². The molecule has 104 valence electrons. The molecule has 1 aromatic rings. The number of nitriles is 1. The van der Waals surface area contributed by atoms with E-state index in [-0.39, 0.29) is 5.56 Å². The first-order valence-corrected chi connectivity index (χ1v) is 6.08. The van der Waals surface area contributed by atoms with Gasteiger partial charge in [0.1, 0.15) is 0 Å². The first-order chi connectivity index (χ1) is 8.75. The van der Waals surface area contributed by atoms with Crippen LogP contribution in [0.5, 0.6) is 0 Å². The van der Waals surface area contributed by atoms with Crippen LogP contribution in [0, 0.1) is 17.2 Å². The molecule has 0 saturated carbocycles. The summed E-state index contributed by atoms with van der Waals surface area (Å²) in [5.41, 5.74) is -0.732. The summed E-state index contributed by atoms with van der Waals surface area (Å²) in [6.45, 7) is 4.81. The zero-order valence-electron chi connectivity index (χ0n) is 11.3. The summed E-state index contributed by atoms with van der Waals surface area (Å²) in [4.78, 5) is 1.77. The number of rotatable bonds is 4. The highest BCUT2D eigenvalue weighted by Crippen LogP contribution is 2.34. The first kappa shape index (κ1) is 15.4. The SMILES string of the molecule is CC(C)CCN(C)c1ccc(C#N)c(C(F)(F)F)c1. The van der Waals surface area contributed by atoms with Crippen LogP contribution in [-0.4, -0.2) is 13.6 Å². The Morgan fingerprint density at radius 1 is 1.32 bits per heavy atom. The second-order valence-corrected chi connectivity index (χ2v) is 4.94. The third-order valence-corrected chi connectivity index (χ3v) is 2.91. The van der Waals surface area contributed by atoms with Crippen molar-refractivity contribution in [1.29, 1.82) is 5.26 Å².